The van der Waals surface area contributed by atoms with Crippen LogP contribution >= 0.6 is 0 Å². The van der Waals surface area contributed by atoms with Gasteiger partial charge in [-0.1, -0.05) is 12.2 Å². The van der Waals surface area contributed by atoms with Crippen LogP contribution < -0.4 is 5.32 Å². The van der Waals surface area contributed by atoms with Gasteiger partial charge in [-0.3, -0.25) is 4.79 Å². The summed E-state index contributed by atoms with van der Waals surface area (Å²) in [5.41, 5.74) is 0. The molecule has 19 heavy (non-hydrogen) atoms. The highest BCUT2D eigenvalue weighted by Gasteiger charge is 2.19. The molecule has 0 spiro atoms. The molecule has 1 aliphatic carbocycles. The minimum absolute atomic E-state index is 0.0878. The first-order valence-corrected chi connectivity index (χ1v) is 6.59. The number of carbonyl (C=O) groups is 1. The van der Waals surface area contributed by atoms with E-state index in [-0.39, 0.29) is 11.8 Å². The van der Waals surface area contributed by atoms with Gasteiger partial charge < -0.3 is 14.6 Å². The zero-order valence-corrected chi connectivity index (χ0v) is 11.2. The summed E-state index contributed by atoms with van der Waals surface area (Å²) < 4.78 is 6.97. The monoisotopic (exact) mass is 264 g/mol. The molecule has 104 valence electrons. The number of hydrogen-bond donors (Lipinski definition) is 1. The molecular weight excluding hydrogens is 244 g/mol. The van der Waals surface area contributed by atoms with Crippen LogP contribution in [0.2, 0.25) is 0 Å². The van der Waals surface area contributed by atoms with Crippen molar-refractivity contribution in [2.75, 3.05) is 13.7 Å². The summed E-state index contributed by atoms with van der Waals surface area (Å²) in [6.45, 7) is 1.94. The van der Waals surface area contributed by atoms with Crippen molar-refractivity contribution in [3.63, 3.8) is 0 Å². The van der Waals surface area contributed by atoms with E-state index in [4.69, 9.17) is 4.74 Å². The molecule has 0 atom stereocenters. The Balaban J connectivity index is 1.78. The molecule has 1 aliphatic rings. The highest BCUT2D eigenvalue weighted by Crippen LogP contribution is 2.17. The average Bonchev–Trinajstić information content (AvgIpc) is 3.08. The van der Waals surface area contributed by atoms with Crippen molar-refractivity contribution in [2.24, 2.45) is 5.92 Å². The zero-order valence-electron chi connectivity index (χ0n) is 11.2. The third kappa shape index (κ3) is 3.89. The number of nitrogens with one attached hydrogen (secondary N) is 1. The van der Waals surface area contributed by atoms with Gasteiger partial charge in [-0.05, 0) is 19.3 Å². The van der Waals surface area contributed by atoms with Gasteiger partial charge >= 0.3 is 0 Å². The first kappa shape index (κ1) is 13.7. The van der Waals surface area contributed by atoms with E-state index in [1.54, 1.807) is 13.4 Å². The average molecular weight is 264 g/mol. The van der Waals surface area contributed by atoms with Gasteiger partial charge in [0.25, 0.3) is 0 Å². The van der Waals surface area contributed by atoms with Gasteiger partial charge in [-0.15, -0.1) is 10.2 Å². The van der Waals surface area contributed by atoms with E-state index in [9.17, 15) is 4.79 Å². The first-order valence-electron chi connectivity index (χ1n) is 6.59. The van der Waals surface area contributed by atoms with E-state index in [0.717, 1.165) is 31.6 Å². The van der Waals surface area contributed by atoms with Crippen LogP contribution in [0, 0.1) is 5.92 Å². The number of carbonyl (C=O) groups excluding carboxylic acids is 1. The number of amides is 1. The number of aromatic nitrogens is 3. The second-order valence-corrected chi connectivity index (χ2v) is 4.64. The quantitative estimate of drug-likeness (QED) is 0.587. The summed E-state index contributed by atoms with van der Waals surface area (Å²) in [6.07, 6.45) is 8.38. The molecule has 2 rings (SSSR count). The van der Waals surface area contributed by atoms with Crippen molar-refractivity contribution in [3.8, 4) is 0 Å². The predicted octanol–water partition coefficient (Wildman–Crippen LogP) is 0.897. The molecule has 1 amide bonds. The molecule has 1 aromatic rings. The van der Waals surface area contributed by atoms with E-state index in [1.165, 1.54) is 0 Å². The number of ether oxygens (including phenoxy) is 1. The van der Waals surface area contributed by atoms with Crippen molar-refractivity contribution in [2.45, 2.75) is 32.4 Å². The lowest BCUT2D eigenvalue weighted by molar-refractivity contribution is -0.124. The lowest BCUT2D eigenvalue weighted by Gasteiger charge is -2.11. The summed E-state index contributed by atoms with van der Waals surface area (Å²) in [4.78, 5) is 11.9. The van der Waals surface area contributed by atoms with Gasteiger partial charge in [-0.2, -0.15) is 0 Å². The number of aryl methyl sites for hydroxylation is 1. The summed E-state index contributed by atoms with van der Waals surface area (Å²) in [7, 11) is 1.68. The highest BCUT2D eigenvalue weighted by molar-refractivity contribution is 5.79. The van der Waals surface area contributed by atoms with Crippen LogP contribution in [0.1, 0.15) is 25.1 Å². The van der Waals surface area contributed by atoms with E-state index >= 15 is 0 Å². The van der Waals surface area contributed by atoms with Crippen LogP contribution in [0.3, 0.4) is 0 Å². The first-order chi connectivity index (χ1) is 9.31. The molecule has 6 nitrogen and oxygen atoms in total. The van der Waals surface area contributed by atoms with Gasteiger partial charge in [-0.25, -0.2) is 0 Å². The fourth-order valence-electron chi connectivity index (χ4n) is 2.12. The lowest BCUT2D eigenvalue weighted by atomic mass is 10.1. The Morgan fingerprint density at radius 1 is 1.53 bits per heavy atom. The third-order valence-corrected chi connectivity index (χ3v) is 3.24. The lowest BCUT2D eigenvalue weighted by Crippen LogP contribution is -2.30. The molecule has 0 radical (unpaired) electrons. The van der Waals surface area contributed by atoms with Crippen LogP contribution in [0.25, 0.3) is 0 Å². The van der Waals surface area contributed by atoms with Crippen LogP contribution in [-0.2, 0) is 22.6 Å². The highest BCUT2D eigenvalue weighted by atomic mass is 16.5. The van der Waals surface area contributed by atoms with Gasteiger partial charge in [0.2, 0.25) is 5.91 Å². The Morgan fingerprint density at radius 2 is 2.32 bits per heavy atom. The molecule has 0 fully saturated rings. The number of methoxy groups -OCH3 is 1. The van der Waals surface area contributed by atoms with E-state index in [0.29, 0.717) is 13.2 Å². The van der Waals surface area contributed by atoms with Gasteiger partial charge in [0.05, 0.1) is 6.54 Å². The summed E-state index contributed by atoms with van der Waals surface area (Å²) in [5, 5.41) is 10.8. The van der Waals surface area contributed by atoms with E-state index in [1.807, 2.05) is 4.57 Å². The van der Waals surface area contributed by atoms with Crippen LogP contribution in [0.4, 0.5) is 0 Å². The normalized spacial score (nSPS) is 15.0. The van der Waals surface area contributed by atoms with Crippen LogP contribution in [-0.4, -0.2) is 34.4 Å². The largest absolute Gasteiger partial charge is 0.385 e. The molecule has 0 aromatic carbocycles. The van der Waals surface area contributed by atoms with Crippen molar-refractivity contribution in [3.05, 3.63) is 24.3 Å². The van der Waals surface area contributed by atoms with Gasteiger partial charge in [0, 0.05) is 26.2 Å². The molecule has 1 N–H and O–H groups in total. The van der Waals surface area contributed by atoms with Gasteiger partial charge in [0.15, 0.2) is 5.82 Å². The maximum atomic E-state index is 11.9. The fraction of sp³-hybridized carbons (Fsp3) is 0.615. The van der Waals surface area contributed by atoms with Crippen LogP contribution in [0.15, 0.2) is 18.5 Å². The topological polar surface area (TPSA) is 69.0 Å². The molecule has 0 aliphatic heterocycles. The standard InChI is InChI=1S/C13H20N4O2/c1-19-8-4-7-17-10-15-16-12(17)9-14-13(18)11-5-2-3-6-11/h2-3,10-11H,4-9H2,1H3,(H,14,18). The molecule has 0 saturated heterocycles. The second kappa shape index (κ2) is 7.04. The Hall–Kier alpha value is -1.69. The minimum Gasteiger partial charge on any atom is -0.385 e. The molecule has 1 heterocycles. The fourth-order valence-corrected chi connectivity index (χ4v) is 2.12. The maximum absolute atomic E-state index is 11.9. The molecule has 0 bridgehead atoms. The zero-order chi connectivity index (χ0) is 13.5. The van der Waals surface area contributed by atoms with E-state index < -0.39 is 0 Å². The Morgan fingerprint density at radius 3 is 3.05 bits per heavy atom. The van der Waals surface area contributed by atoms with Gasteiger partial charge in [0.1, 0.15) is 6.33 Å². The summed E-state index contributed by atoms with van der Waals surface area (Å²) in [6, 6.07) is 0. The molecule has 6 heteroatoms. The minimum atomic E-state index is 0.0878. The second-order valence-electron chi connectivity index (χ2n) is 4.64. The van der Waals surface area contributed by atoms with E-state index in [2.05, 4.69) is 27.7 Å². The Bertz CT molecular complexity index is 434. The molecular formula is C13H20N4O2. The SMILES string of the molecule is COCCCn1cnnc1CNC(=O)C1CC=CC1. The number of hydrogen-bond acceptors (Lipinski definition) is 4. The van der Waals surface area contributed by atoms with Crippen molar-refractivity contribution in [1.29, 1.82) is 0 Å². The Labute approximate surface area is 112 Å². The van der Waals surface area contributed by atoms with Crippen molar-refractivity contribution >= 4 is 5.91 Å². The number of nitrogens with zero attached hydrogens (tertiary/aromatic N) is 3. The smallest absolute Gasteiger partial charge is 0.224 e. The number of allylic oxidation sites excluding steroid dienone is 2. The van der Waals surface area contributed by atoms with Crippen molar-refractivity contribution < 1.29 is 9.53 Å². The molecule has 1 aromatic heterocycles. The summed E-state index contributed by atoms with van der Waals surface area (Å²) in [5.74, 6) is 0.969. The third-order valence-electron chi connectivity index (χ3n) is 3.24. The molecule has 0 unspecified atom stereocenters. The maximum Gasteiger partial charge on any atom is 0.224 e. The number of rotatable bonds is 7. The Kier molecular flexibility index (Phi) is 5.09. The predicted molar refractivity (Wildman–Crippen MR) is 70.2 cm³/mol. The summed E-state index contributed by atoms with van der Waals surface area (Å²) >= 11 is 0. The molecule has 0 saturated carbocycles. The van der Waals surface area contributed by atoms with Crippen molar-refractivity contribution in [1.82, 2.24) is 20.1 Å². The van der Waals surface area contributed by atoms with Crippen LogP contribution in [0.5, 0.6) is 0 Å².